The lowest BCUT2D eigenvalue weighted by molar-refractivity contribution is -0.108. The molecule has 0 amide bonds. The lowest BCUT2D eigenvalue weighted by Crippen LogP contribution is -2.44. The maximum atomic E-state index is 6.75. The van der Waals surface area contributed by atoms with E-state index in [-0.39, 0.29) is 16.4 Å². The summed E-state index contributed by atoms with van der Waals surface area (Å²) in [6.07, 6.45) is 9.29. The molecule has 31 heavy (non-hydrogen) atoms. The van der Waals surface area contributed by atoms with Gasteiger partial charge >= 0.3 is 0 Å². The van der Waals surface area contributed by atoms with Gasteiger partial charge in [-0.2, -0.15) is 0 Å². The maximum Gasteiger partial charge on any atom is 0.136 e. The van der Waals surface area contributed by atoms with Crippen molar-refractivity contribution in [2.45, 2.75) is 111 Å². The van der Waals surface area contributed by atoms with Gasteiger partial charge in [-0.15, -0.1) is 0 Å². The Bertz CT molecular complexity index is 675. The Hall–Kier alpha value is 0.440. The molecular formula is C27H46I2O2. The van der Waals surface area contributed by atoms with Gasteiger partial charge in [0.05, 0.1) is 22.9 Å². The number of unbranched alkanes of at least 4 members (excludes halogenated alkanes) is 5. The van der Waals surface area contributed by atoms with E-state index in [1.165, 1.54) is 54.1 Å². The zero-order valence-electron chi connectivity index (χ0n) is 21.5. The van der Waals surface area contributed by atoms with Gasteiger partial charge < -0.3 is 9.47 Å². The number of halogens is 2. The maximum absolute atomic E-state index is 6.75. The highest BCUT2D eigenvalue weighted by Crippen LogP contribution is 2.43. The van der Waals surface area contributed by atoms with Crippen LogP contribution in [0, 0.1) is 18.5 Å². The molecule has 1 rings (SSSR count). The molecule has 4 heteroatoms. The molecule has 0 aliphatic carbocycles. The quantitative estimate of drug-likeness (QED) is 0.156. The third kappa shape index (κ3) is 9.30. The largest absolute Gasteiger partial charge is 0.495 e. The molecule has 0 bridgehead atoms. The van der Waals surface area contributed by atoms with Gasteiger partial charge in [0.1, 0.15) is 5.75 Å². The predicted octanol–water partition coefficient (Wildman–Crippen LogP) is 9.39. The van der Waals surface area contributed by atoms with Gasteiger partial charge in [0.25, 0.3) is 0 Å². The zero-order chi connectivity index (χ0) is 23.9. The summed E-state index contributed by atoms with van der Waals surface area (Å²) >= 11 is 4.77. The summed E-state index contributed by atoms with van der Waals surface area (Å²) in [6, 6.07) is 4.41. The number of methoxy groups -OCH3 is 1. The molecule has 1 aromatic carbocycles. The molecule has 2 nitrogen and oxygen atoms in total. The van der Waals surface area contributed by atoms with Crippen LogP contribution in [0.2, 0.25) is 0 Å². The molecule has 0 heterocycles. The van der Waals surface area contributed by atoms with Crippen LogP contribution in [0.1, 0.15) is 106 Å². The molecule has 0 radical (unpaired) electrons. The molecule has 0 saturated heterocycles. The molecule has 1 aromatic rings. The molecule has 0 aliphatic rings. The summed E-state index contributed by atoms with van der Waals surface area (Å²) in [5, 5.41) is 0. The average Bonchev–Trinajstić information content (AvgIpc) is 2.64. The monoisotopic (exact) mass is 656 g/mol. The van der Waals surface area contributed by atoms with Crippen LogP contribution in [-0.2, 0) is 10.2 Å². The summed E-state index contributed by atoms with van der Waals surface area (Å²) in [5.41, 5.74) is 1.13. The highest BCUT2D eigenvalue weighted by molar-refractivity contribution is 14.1. The minimum Gasteiger partial charge on any atom is -0.495 e. The fourth-order valence-electron chi connectivity index (χ4n) is 4.77. The Morgan fingerprint density at radius 3 is 2.00 bits per heavy atom. The molecular weight excluding hydrogens is 610 g/mol. The first kappa shape index (κ1) is 29.5. The molecule has 0 saturated carbocycles. The van der Waals surface area contributed by atoms with Crippen molar-refractivity contribution < 1.29 is 9.47 Å². The van der Waals surface area contributed by atoms with Crippen molar-refractivity contribution in [2.24, 2.45) is 11.3 Å². The topological polar surface area (TPSA) is 18.5 Å². The van der Waals surface area contributed by atoms with Crippen molar-refractivity contribution in [3.05, 3.63) is 24.8 Å². The second-order valence-electron chi connectivity index (χ2n) is 11.2. The van der Waals surface area contributed by atoms with Crippen molar-refractivity contribution in [3.63, 3.8) is 0 Å². The van der Waals surface area contributed by atoms with Crippen molar-refractivity contribution in [1.29, 1.82) is 0 Å². The van der Waals surface area contributed by atoms with Gasteiger partial charge in [-0.05, 0) is 88.9 Å². The fraction of sp³-hybridized carbons (Fsp3) is 0.778. The molecule has 0 spiro atoms. The molecule has 0 aliphatic heterocycles. The molecule has 0 aromatic heterocycles. The molecule has 0 fully saturated rings. The fourth-order valence-corrected chi connectivity index (χ4v) is 6.83. The van der Waals surface area contributed by atoms with E-state index >= 15 is 0 Å². The summed E-state index contributed by atoms with van der Waals surface area (Å²) < 4.78 is 14.9. The van der Waals surface area contributed by atoms with Gasteiger partial charge in [0.15, 0.2) is 0 Å². The van der Waals surface area contributed by atoms with Gasteiger partial charge in [0.2, 0.25) is 0 Å². The van der Waals surface area contributed by atoms with E-state index in [1.54, 1.807) is 7.11 Å². The smallest absolute Gasteiger partial charge is 0.136 e. The van der Waals surface area contributed by atoms with Crippen molar-refractivity contribution in [2.75, 3.05) is 13.7 Å². The van der Waals surface area contributed by atoms with E-state index in [2.05, 4.69) is 113 Å². The molecule has 180 valence electrons. The third-order valence-corrected chi connectivity index (χ3v) is 7.90. The summed E-state index contributed by atoms with van der Waals surface area (Å²) in [4.78, 5) is 0. The van der Waals surface area contributed by atoms with Crippen LogP contribution in [0.5, 0.6) is 5.75 Å². The van der Waals surface area contributed by atoms with Crippen LogP contribution in [-0.4, -0.2) is 19.3 Å². The van der Waals surface area contributed by atoms with E-state index in [0.717, 1.165) is 9.32 Å². The van der Waals surface area contributed by atoms with Crippen LogP contribution in [0.4, 0.5) is 0 Å². The first-order chi connectivity index (χ1) is 14.3. The molecule has 1 unspecified atom stereocenters. The lowest BCUT2D eigenvalue weighted by Gasteiger charge is -2.44. The first-order valence-electron chi connectivity index (χ1n) is 11.9. The van der Waals surface area contributed by atoms with E-state index in [1.807, 2.05) is 0 Å². The van der Waals surface area contributed by atoms with Gasteiger partial charge in [-0.1, -0.05) is 80.1 Å². The van der Waals surface area contributed by atoms with Gasteiger partial charge in [-0.25, -0.2) is 0 Å². The Kier molecular flexibility index (Phi) is 12.1. The SMILES string of the molecule is CCCCCCCCC(C(C)(C)C)C(C)(C)OCC(C)(C)c1cc(I)cc(I)c1OC. The van der Waals surface area contributed by atoms with E-state index in [9.17, 15) is 0 Å². The number of ether oxygens (including phenoxy) is 2. The van der Waals surface area contributed by atoms with Gasteiger partial charge in [0, 0.05) is 14.5 Å². The number of benzene rings is 1. The Labute approximate surface area is 220 Å². The summed E-state index contributed by atoms with van der Waals surface area (Å²) in [7, 11) is 1.77. The summed E-state index contributed by atoms with van der Waals surface area (Å²) in [6.45, 7) is 19.2. The van der Waals surface area contributed by atoms with Crippen LogP contribution < -0.4 is 4.74 Å². The average molecular weight is 656 g/mol. The first-order valence-corrected chi connectivity index (χ1v) is 14.1. The minimum atomic E-state index is -0.179. The van der Waals surface area contributed by atoms with E-state index in [0.29, 0.717) is 12.5 Å². The van der Waals surface area contributed by atoms with Crippen LogP contribution in [0.25, 0.3) is 0 Å². The van der Waals surface area contributed by atoms with Crippen LogP contribution >= 0.6 is 45.2 Å². The predicted molar refractivity (Wildman–Crippen MR) is 152 cm³/mol. The normalized spacial score (nSPS) is 14.0. The number of rotatable bonds is 13. The zero-order valence-corrected chi connectivity index (χ0v) is 25.8. The van der Waals surface area contributed by atoms with Crippen molar-refractivity contribution in [1.82, 2.24) is 0 Å². The molecule has 0 N–H and O–H groups in total. The minimum absolute atomic E-state index is 0.133. The lowest BCUT2D eigenvalue weighted by atomic mass is 9.69. The second kappa shape index (κ2) is 12.8. The molecule has 1 atom stereocenters. The Morgan fingerprint density at radius 1 is 0.871 bits per heavy atom. The number of hydrogen-bond acceptors (Lipinski definition) is 2. The number of hydrogen-bond donors (Lipinski definition) is 0. The van der Waals surface area contributed by atoms with Crippen LogP contribution in [0.15, 0.2) is 12.1 Å². The Morgan fingerprint density at radius 2 is 1.45 bits per heavy atom. The van der Waals surface area contributed by atoms with Gasteiger partial charge in [-0.3, -0.25) is 0 Å². The Balaban J connectivity index is 2.91. The van der Waals surface area contributed by atoms with Crippen molar-refractivity contribution >= 4 is 45.2 Å². The van der Waals surface area contributed by atoms with E-state index in [4.69, 9.17) is 9.47 Å². The highest BCUT2D eigenvalue weighted by atomic mass is 127. The van der Waals surface area contributed by atoms with Crippen molar-refractivity contribution in [3.8, 4) is 5.75 Å². The second-order valence-corrected chi connectivity index (χ2v) is 13.6. The van der Waals surface area contributed by atoms with Crippen LogP contribution in [0.3, 0.4) is 0 Å². The third-order valence-electron chi connectivity index (χ3n) is 6.48. The standard InChI is InChI=1S/C27H46I2O2/c1-10-11-12-13-14-15-16-23(25(2,3)4)27(7,8)31-19-26(5,6)21-17-20(28)18-22(29)24(21)30-9/h17-18,23H,10-16,19H2,1-9H3. The van der Waals surface area contributed by atoms with E-state index < -0.39 is 0 Å². The highest BCUT2D eigenvalue weighted by Gasteiger charge is 2.40. The summed E-state index contributed by atoms with van der Waals surface area (Å²) in [5.74, 6) is 1.49.